The topological polar surface area (TPSA) is 69.2 Å². The highest BCUT2D eigenvalue weighted by Crippen LogP contribution is 2.10. The number of carboxylic acids is 1. The van der Waals surface area contributed by atoms with Crippen molar-refractivity contribution >= 4 is 17.6 Å². The van der Waals surface area contributed by atoms with Crippen LogP contribution in [0.5, 0.6) is 0 Å². The zero-order valence-corrected chi connectivity index (χ0v) is 9.60. The number of hydrogen-bond acceptors (Lipinski definition) is 3. The molecule has 1 aromatic rings. The van der Waals surface area contributed by atoms with E-state index in [4.69, 9.17) is 0 Å². The molecule has 90 valence electrons. The Morgan fingerprint density at radius 3 is 2.41 bits per heavy atom. The molecule has 4 heteroatoms. The molecule has 17 heavy (non-hydrogen) atoms. The van der Waals surface area contributed by atoms with Crippen molar-refractivity contribution in [3.05, 3.63) is 42.0 Å². The quantitative estimate of drug-likeness (QED) is 0.766. The monoisotopic (exact) mass is 232 g/mol. The number of anilines is 1. The molecule has 0 bridgehead atoms. The summed E-state index contributed by atoms with van der Waals surface area (Å²) in [6, 6.07) is 7.44. The Hall–Kier alpha value is -2.10. The molecule has 0 atom stereocenters. The van der Waals surface area contributed by atoms with Gasteiger partial charge in [0, 0.05) is 11.8 Å². The highest BCUT2D eigenvalue weighted by Gasteiger charge is 1.97. The van der Waals surface area contributed by atoms with Crippen LogP contribution in [0.1, 0.15) is 18.9 Å². The summed E-state index contributed by atoms with van der Waals surface area (Å²) in [7, 11) is 0. The zero-order chi connectivity index (χ0) is 12.7. The number of amides is 1. The van der Waals surface area contributed by atoms with E-state index in [0.29, 0.717) is 11.8 Å². The summed E-state index contributed by atoms with van der Waals surface area (Å²) in [5.41, 5.74) is 1.84. The first-order chi connectivity index (χ1) is 8.11. The highest BCUT2D eigenvalue weighted by atomic mass is 16.4. The van der Waals surface area contributed by atoms with Crippen LogP contribution in [0.4, 0.5) is 5.69 Å². The fraction of sp³-hybridized carbons (Fsp3) is 0.231. The van der Waals surface area contributed by atoms with Crippen molar-refractivity contribution in [3.8, 4) is 0 Å². The molecule has 0 saturated carbocycles. The van der Waals surface area contributed by atoms with Crippen LogP contribution in [-0.2, 0) is 16.0 Å². The second kappa shape index (κ2) is 6.48. The molecule has 0 spiro atoms. The number of carbonyl (C=O) groups excluding carboxylic acids is 2. The molecule has 0 aliphatic heterocycles. The van der Waals surface area contributed by atoms with Crippen molar-refractivity contribution < 1.29 is 14.7 Å². The Morgan fingerprint density at radius 1 is 1.24 bits per heavy atom. The van der Waals surface area contributed by atoms with Gasteiger partial charge >= 0.3 is 0 Å². The first-order valence-electron chi connectivity index (χ1n) is 5.41. The van der Waals surface area contributed by atoms with Gasteiger partial charge in [0.25, 0.3) is 0 Å². The second-order valence-corrected chi connectivity index (χ2v) is 3.59. The van der Waals surface area contributed by atoms with Crippen LogP contribution in [0.25, 0.3) is 0 Å². The van der Waals surface area contributed by atoms with Crippen molar-refractivity contribution in [2.45, 2.75) is 19.8 Å². The van der Waals surface area contributed by atoms with E-state index in [1.807, 2.05) is 12.1 Å². The van der Waals surface area contributed by atoms with Gasteiger partial charge in [-0.2, -0.15) is 0 Å². The molecule has 0 heterocycles. The van der Waals surface area contributed by atoms with Gasteiger partial charge in [-0.1, -0.05) is 25.5 Å². The molecule has 0 unspecified atom stereocenters. The largest absolute Gasteiger partial charge is 0.545 e. The molecule has 0 aliphatic rings. The molecular weight excluding hydrogens is 218 g/mol. The van der Waals surface area contributed by atoms with Crippen LogP contribution < -0.4 is 10.4 Å². The summed E-state index contributed by atoms with van der Waals surface area (Å²) in [5, 5.41) is 12.6. The molecule has 1 rings (SSSR count). The van der Waals surface area contributed by atoms with E-state index in [1.54, 1.807) is 12.1 Å². The van der Waals surface area contributed by atoms with Crippen molar-refractivity contribution in [1.29, 1.82) is 0 Å². The van der Waals surface area contributed by atoms with E-state index in [-0.39, 0.29) is 0 Å². The van der Waals surface area contributed by atoms with E-state index >= 15 is 0 Å². The maximum Gasteiger partial charge on any atom is 0.248 e. The highest BCUT2D eigenvalue weighted by molar-refractivity contribution is 6.02. The van der Waals surface area contributed by atoms with Crippen molar-refractivity contribution in [2.24, 2.45) is 0 Å². The lowest BCUT2D eigenvalue weighted by Crippen LogP contribution is -2.20. The summed E-state index contributed by atoms with van der Waals surface area (Å²) in [6.07, 6.45) is 3.69. The Balaban J connectivity index is 2.57. The third-order valence-electron chi connectivity index (χ3n) is 2.13. The summed E-state index contributed by atoms with van der Waals surface area (Å²) < 4.78 is 0. The Kier molecular flexibility index (Phi) is 4.94. The van der Waals surface area contributed by atoms with E-state index in [2.05, 4.69) is 12.2 Å². The molecule has 0 radical (unpaired) electrons. The van der Waals surface area contributed by atoms with Crippen LogP contribution in [0.15, 0.2) is 36.4 Å². The molecule has 0 saturated heterocycles. The number of nitrogens with one attached hydrogen (secondary N) is 1. The number of aryl methyl sites for hydroxylation is 1. The summed E-state index contributed by atoms with van der Waals surface area (Å²) in [4.78, 5) is 21.3. The minimum absolute atomic E-state index is 0.488. The van der Waals surface area contributed by atoms with E-state index in [1.165, 1.54) is 5.56 Å². The van der Waals surface area contributed by atoms with Gasteiger partial charge in [0.1, 0.15) is 0 Å². The average molecular weight is 232 g/mol. The van der Waals surface area contributed by atoms with Crippen LogP contribution in [-0.4, -0.2) is 11.9 Å². The summed E-state index contributed by atoms with van der Waals surface area (Å²) in [5.74, 6) is -1.88. The summed E-state index contributed by atoms with van der Waals surface area (Å²) in [6.45, 7) is 2.10. The summed E-state index contributed by atoms with van der Waals surface area (Å²) >= 11 is 0. The number of carbonyl (C=O) groups is 2. The lowest BCUT2D eigenvalue weighted by Gasteiger charge is -2.03. The SMILES string of the molecule is CCCc1ccc(NC(=O)/C=C\C(=O)[O-])cc1. The average Bonchev–Trinajstić information content (AvgIpc) is 2.29. The van der Waals surface area contributed by atoms with E-state index < -0.39 is 11.9 Å². The standard InChI is InChI=1S/C13H15NO3/c1-2-3-10-4-6-11(7-5-10)14-12(15)8-9-13(16)17/h4-9H,2-3H2,1H3,(H,14,15)(H,16,17)/p-1/b9-8-. The predicted octanol–water partition coefficient (Wildman–Crippen LogP) is 0.884. The number of carboxylic acid groups (broad SMARTS) is 1. The number of aliphatic carboxylic acids is 1. The van der Waals surface area contributed by atoms with Gasteiger partial charge in [-0.3, -0.25) is 4.79 Å². The minimum atomic E-state index is -1.39. The van der Waals surface area contributed by atoms with Crippen LogP contribution in [0.3, 0.4) is 0 Å². The molecule has 0 fully saturated rings. The first kappa shape index (κ1) is 13.0. The smallest absolute Gasteiger partial charge is 0.248 e. The van der Waals surface area contributed by atoms with Gasteiger partial charge in [0.15, 0.2) is 0 Å². The van der Waals surface area contributed by atoms with E-state index in [0.717, 1.165) is 18.9 Å². The maximum absolute atomic E-state index is 11.2. The van der Waals surface area contributed by atoms with Gasteiger partial charge in [-0.15, -0.1) is 0 Å². The number of hydrogen-bond donors (Lipinski definition) is 1. The molecule has 4 nitrogen and oxygen atoms in total. The molecule has 1 amide bonds. The van der Waals surface area contributed by atoms with Gasteiger partial charge < -0.3 is 15.2 Å². The normalized spacial score (nSPS) is 10.4. The van der Waals surface area contributed by atoms with Gasteiger partial charge in [0.2, 0.25) is 5.91 Å². The number of rotatable bonds is 5. The third kappa shape index (κ3) is 4.97. The van der Waals surface area contributed by atoms with Gasteiger partial charge in [-0.25, -0.2) is 0 Å². The van der Waals surface area contributed by atoms with Gasteiger partial charge in [-0.05, 0) is 30.2 Å². The second-order valence-electron chi connectivity index (χ2n) is 3.59. The van der Waals surface area contributed by atoms with Crippen molar-refractivity contribution in [3.63, 3.8) is 0 Å². The van der Waals surface area contributed by atoms with Crippen molar-refractivity contribution in [2.75, 3.05) is 5.32 Å². The third-order valence-corrected chi connectivity index (χ3v) is 2.13. The van der Waals surface area contributed by atoms with Crippen molar-refractivity contribution in [1.82, 2.24) is 0 Å². The zero-order valence-electron chi connectivity index (χ0n) is 9.60. The molecule has 1 aromatic carbocycles. The van der Waals surface area contributed by atoms with Crippen LogP contribution >= 0.6 is 0 Å². The Bertz CT molecular complexity index is 421. The first-order valence-corrected chi connectivity index (χ1v) is 5.41. The van der Waals surface area contributed by atoms with Crippen LogP contribution in [0, 0.1) is 0 Å². The van der Waals surface area contributed by atoms with E-state index in [9.17, 15) is 14.7 Å². The lowest BCUT2D eigenvalue weighted by molar-refractivity contribution is -0.297. The lowest BCUT2D eigenvalue weighted by atomic mass is 10.1. The Morgan fingerprint density at radius 2 is 1.88 bits per heavy atom. The molecule has 0 aliphatic carbocycles. The molecular formula is C13H14NO3-. The molecule has 1 N–H and O–H groups in total. The minimum Gasteiger partial charge on any atom is -0.545 e. The molecule has 0 aromatic heterocycles. The fourth-order valence-corrected chi connectivity index (χ4v) is 1.37. The van der Waals surface area contributed by atoms with Gasteiger partial charge in [0.05, 0.1) is 5.97 Å². The predicted molar refractivity (Wildman–Crippen MR) is 63.2 cm³/mol. The number of benzene rings is 1. The Labute approximate surface area is 100.0 Å². The maximum atomic E-state index is 11.2. The fourth-order valence-electron chi connectivity index (χ4n) is 1.37. The van der Waals surface area contributed by atoms with Crippen LogP contribution in [0.2, 0.25) is 0 Å².